The Kier molecular flexibility index (Phi) is 6.26. The van der Waals surface area contributed by atoms with Crippen LogP contribution in [0.3, 0.4) is 0 Å². The number of carbonyl (C=O) groups is 1. The van der Waals surface area contributed by atoms with Crippen LogP contribution in [-0.2, 0) is 0 Å². The van der Waals surface area contributed by atoms with E-state index in [0.29, 0.717) is 30.3 Å². The van der Waals surface area contributed by atoms with Crippen molar-refractivity contribution in [2.75, 3.05) is 13.2 Å². The Morgan fingerprint density at radius 1 is 1.00 bits per heavy atom. The largest absolute Gasteiger partial charge is 0.493 e. The number of hydrogen-bond donors (Lipinski definition) is 0. The van der Waals surface area contributed by atoms with Gasteiger partial charge in [0, 0.05) is 5.39 Å². The van der Waals surface area contributed by atoms with E-state index in [1.807, 2.05) is 30.3 Å². The molecule has 2 aromatic rings. The average molecular weight is 300 g/mol. The number of fused-ring (bicyclic) bond motifs is 1. The predicted molar refractivity (Wildman–Crippen MR) is 90.1 cm³/mol. The third-order valence-corrected chi connectivity index (χ3v) is 3.62. The van der Waals surface area contributed by atoms with Gasteiger partial charge < -0.3 is 9.47 Å². The molecule has 118 valence electrons. The molecule has 2 rings (SSSR count). The van der Waals surface area contributed by atoms with E-state index in [4.69, 9.17) is 9.47 Å². The number of hydrogen-bond acceptors (Lipinski definition) is 3. The van der Waals surface area contributed by atoms with Gasteiger partial charge >= 0.3 is 0 Å². The Bertz CT molecular complexity index is 619. The molecule has 0 heterocycles. The summed E-state index contributed by atoms with van der Waals surface area (Å²) < 4.78 is 11.7. The van der Waals surface area contributed by atoms with Crippen LogP contribution in [-0.4, -0.2) is 19.5 Å². The highest BCUT2D eigenvalue weighted by Gasteiger charge is 2.15. The summed E-state index contributed by atoms with van der Waals surface area (Å²) >= 11 is 0. The van der Waals surface area contributed by atoms with Crippen molar-refractivity contribution in [2.45, 2.75) is 39.5 Å². The molecule has 0 aromatic heterocycles. The molecule has 0 fully saturated rings. The van der Waals surface area contributed by atoms with E-state index in [2.05, 4.69) is 13.8 Å². The lowest BCUT2D eigenvalue weighted by Crippen LogP contribution is -2.04. The summed E-state index contributed by atoms with van der Waals surface area (Å²) in [6, 6.07) is 9.87. The van der Waals surface area contributed by atoms with Crippen LogP contribution in [0, 0.1) is 0 Å². The highest BCUT2D eigenvalue weighted by molar-refractivity contribution is 5.99. The molecule has 0 saturated heterocycles. The first-order valence-electron chi connectivity index (χ1n) is 8.08. The lowest BCUT2D eigenvalue weighted by atomic mass is 10.0. The molecule has 0 unspecified atom stereocenters. The lowest BCUT2D eigenvalue weighted by Gasteiger charge is -2.16. The van der Waals surface area contributed by atoms with Crippen LogP contribution in [0.5, 0.6) is 11.5 Å². The van der Waals surface area contributed by atoms with E-state index in [0.717, 1.165) is 42.7 Å². The molecule has 0 saturated carbocycles. The smallest absolute Gasteiger partial charge is 0.157 e. The second-order valence-electron chi connectivity index (χ2n) is 5.36. The molecule has 0 aliphatic carbocycles. The minimum absolute atomic E-state index is 0.519. The maximum absolute atomic E-state index is 11.6. The third kappa shape index (κ3) is 3.79. The quantitative estimate of drug-likeness (QED) is 0.482. The zero-order valence-corrected chi connectivity index (χ0v) is 13.4. The fourth-order valence-electron chi connectivity index (χ4n) is 2.34. The van der Waals surface area contributed by atoms with Crippen molar-refractivity contribution in [3.8, 4) is 11.5 Å². The summed E-state index contributed by atoms with van der Waals surface area (Å²) in [6.07, 6.45) is 4.89. The normalized spacial score (nSPS) is 10.6. The van der Waals surface area contributed by atoms with Crippen molar-refractivity contribution in [1.29, 1.82) is 0 Å². The lowest BCUT2D eigenvalue weighted by molar-refractivity contribution is 0.111. The highest BCUT2D eigenvalue weighted by Crippen LogP contribution is 2.36. The van der Waals surface area contributed by atoms with Crippen LogP contribution in [0.15, 0.2) is 30.3 Å². The highest BCUT2D eigenvalue weighted by atomic mass is 16.5. The van der Waals surface area contributed by atoms with Crippen LogP contribution in [0.25, 0.3) is 10.8 Å². The maximum Gasteiger partial charge on any atom is 0.157 e. The molecule has 0 aliphatic heterocycles. The minimum atomic E-state index is 0.519. The number of rotatable bonds is 9. The van der Waals surface area contributed by atoms with Crippen molar-refractivity contribution in [1.82, 2.24) is 0 Å². The summed E-state index contributed by atoms with van der Waals surface area (Å²) in [5, 5.41) is 2.00. The Morgan fingerprint density at radius 3 is 2.36 bits per heavy atom. The molecule has 0 bridgehead atoms. The SMILES string of the molecule is CCCCOc1cc2ccccc2c(OCCCC)c1C=O. The molecule has 2 aromatic carbocycles. The number of carbonyl (C=O) groups excluding carboxylic acids is 1. The number of ether oxygens (including phenoxy) is 2. The minimum Gasteiger partial charge on any atom is -0.493 e. The first-order valence-corrected chi connectivity index (χ1v) is 8.08. The number of unbranched alkanes of at least 4 members (excludes halogenated alkanes) is 2. The van der Waals surface area contributed by atoms with Crippen LogP contribution in [0.4, 0.5) is 0 Å². The Balaban J connectivity index is 2.43. The Labute approximate surface area is 132 Å². The Hall–Kier alpha value is -2.03. The van der Waals surface area contributed by atoms with Crippen LogP contribution < -0.4 is 9.47 Å². The van der Waals surface area contributed by atoms with Crippen molar-refractivity contribution in [3.63, 3.8) is 0 Å². The van der Waals surface area contributed by atoms with E-state index in [-0.39, 0.29) is 0 Å². The van der Waals surface area contributed by atoms with Gasteiger partial charge in [0.25, 0.3) is 0 Å². The van der Waals surface area contributed by atoms with E-state index in [1.54, 1.807) is 0 Å². The average Bonchev–Trinajstić information content (AvgIpc) is 2.55. The van der Waals surface area contributed by atoms with Crippen LogP contribution in [0.2, 0.25) is 0 Å². The maximum atomic E-state index is 11.6. The van der Waals surface area contributed by atoms with Gasteiger partial charge in [0.1, 0.15) is 11.5 Å². The molecule has 0 spiro atoms. The van der Waals surface area contributed by atoms with Gasteiger partial charge in [-0.3, -0.25) is 4.79 Å². The van der Waals surface area contributed by atoms with E-state index in [9.17, 15) is 4.79 Å². The summed E-state index contributed by atoms with van der Waals surface area (Å²) in [7, 11) is 0. The van der Waals surface area contributed by atoms with Crippen molar-refractivity contribution < 1.29 is 14.3 Å². The van der Waals surface area contributed by atoms with Crippen LogP contribution in [0.1, 0.15) is 49.9 Å². The van der Waals surface area contributed by atoms with Crippen molar-refractivity contribution >= 4 is 17.1 Å². The van der Waals surface area contributed by atoms with Crippen molar-refractivity contribution in [3.05, 3.63) is 35.9 Å². The van der Waals surface area contributed by atoms with E-state index in [1.165, 1.54) is 0 Å². The molecule has 0 radical (unpaired) electrons. The number of benzene rings is 2. The molecule has 3 heteroatoms. The molecule has 0 amide bonds. The molecular weight excluding hydrogens is 276 g/mol. The van der Waals surface area contributed by atoms with Crippen LogP contribution >= 0.6 is 0 Å². The van der Waals surface area contributed by atoms with Gasteiger partial charge in [-0.15, -0.1) is 0 Å². The van der Waals surface area contributed by atoms with Gasteiger partial charge in [0.15, 0.2) is 6.29 Å². The standard InChI is InChI=1S/C19H24O3/c1-3-5-11-21-18-13-15-9-7-8-10-16(15)19(17(18)14-20)22-12-6-4-2/h7-10,13-14H,3-6,11-12H2,1-2H3. The first kappa shape index (κ1) is 16.3. The zero-order chi connectivity index (χ0) is 15.8. The van der Waals surface area contributed by atoms with Gasteiger partial charge in [-0.2, -0.15) is 0 Å². The van der Waals surface area contributed by atoms with Gasteiger partial charge in [0.2, 0.25) is 0 Å². The summed E-state index contributed by atoms with van der Waals surface area (Å²) in [5.74, 6) is 1.27. The van der Waals surface area contributed by atoms with E-state index >= 15 is 0 Å². The van der Waals surface area contributed by atoms with Gasteiger partial charge in [0.05, 0.1) is 18.8 Å². The summed E-state index contributed by atoms with van der Waals surface area (Å²) in [6.45, 7) is 5.46. The second kappa shape index (κ2) is 8.42. The zero-order valence-electron chi connectivity index (χ0n) is 13.4. The fraction of sp³-hybridized carbons (Fsp3) is 0.421. The van der Waals surface area contributed by atoms with Gasteiger partial charge in [-0.25, -0.2) is 0 Å². The third-order valence-electron chi connectivity index (χ3n) is 3.62. The second-order valence-corrected chi connectivity index (χ2v) is 5.36. The van der Waals surface area contributed by atoms with Gasteiger partial charge in [-0.1, -0.05) is 51.0 Å². The molecular formula is C19H24O3. The predicted octanol–water partition coefficient (Wildman–Crippen LogP) is 5.01. The van der Waals surface area contributed by atoms with Gasteiger partial charge in [-0.05, 0) is 24.3 Å². The molecule has 3 nitrogen and oxygen atoms in total. The molecule has 22 heavy (non-hydrogen) atoms. The van der Waals surface area contributed by atoms with Crippen molar-refractivity contribution in [2.24, 2.45) is 0 Å². The number of aldehydes is 1. The van der Waals surface area contributed by atoms with E-state index < -0.39 is 0 Å². The summed E-state index contributed by atoms with van der Waals surface area (Å²) in [4.78, 5) is 11.6. The molecule has 0 N–H and O–H groups in total. The first-order chi connectivity index (χ1) is 10.8. The molecule has 0 aliphatic rings. The fourth-order valence-corrected chi connectivity index (χ4v) is 2.34. The molecule has 0 atom stereocenters. The summed E-state index contributed by atoms with van der Waals surface area (Å²) in [5.41, 5.74) is 0.519. The topological polar surface area (TPSA) is 35.5 Å². The Morgan fingerprint density at radius 2 is 1.68 bits per heavy atom. The monoisotopic (exact) mass is 300 g/mol.